The average Bonchev–Trinajstić information content (AvgIpc) is 3.14. The van der Waals surface area contributed by atoms with Gasteiger partial charge in [0.25, 0.3) is 0 Å². The number of nitrogens with one attached hydrogen (secondary N) is 1. The number of nitrogens with zero attached hydrogens (tertiary/aromatic N) is 1. The molecule has 1 heterocycles. The molecule has 3 aromatic carbocycles. The van der Waals surface area contributed by atoms with E-state index < -0.39 is 39.3 Å². The van der Waals surface area contributed by atoms with Crippen molar-refractivity contribution < 1.29 is 14.4 Å². The minimum absolute atomic E-state index is 0.110. The van der Waals surface area contributed by atoms with Gasteiger partial charge in [0.1, 0.15) is 9.75 Å². The first kappa shape index (κ1) is 23.8. The Hall–Kier alpha value is -2.57. The summed E-state index contributed by atoms with van der Waals surface area (Å²) in [7, 11) is 0. The Morgan fingerprint density at radius 2 is 1.28 bits per heavy atom. The van der Waals surface area contributed by atoms with Crippen molar-refractivity contribution in [3.05, 3.63) is 99.0 Å². The van der Waals surface area contributed by atoms with E-state index in [4.69, 9.17) is 46.4 Å². The van der Waals surface area contributed by atoms with E-state index in [2.05, 4.69) is 5.32 Å². The van der Waals surface area contributed by atoms with Gasteiger partial charge in [-0.25, -0.2) is 0 Å². The molecule has 0 saturated carbocycles. The monoisotopic (exact) mass is 558 g/mol. The Morgan fingerprint density at radius 1 is 0.806 bits per heavy atom. The molecule has 7 rings (SSSR count). The highest BCUT2D eigenvalue weighted by atomic mass is 35.5. The molecule has 0 aromatic heterocycles. The molecular weight excluding hydrogens is 542 g/mol. The quantitative estimate of drug-likeness (QED) is 0.319. The van der Waals surface area contributed by atoms with E-state index in [1.165, 1.54) is 6.07 Å². The highest BCUT2D eigenvalue weighted by molar-refractivity contribution is 6.36. The first-order chi connectivity index (χ1) is 17.2. The summed E-state index contributed by atoms with van der Waals surface area (Å²) in [5, 5.41) is 3.42. The molecule has 2 atom stereocenters. The van der Waals surface area contributed by atoms with E-state index in [1.807, 2.05) is 48.5 Å². The number of hydrogen-bond donors (Lipinski definition) is 1. The number of imide groups is 1. The second-order valence-electron chi connectivity index (χ2n) is 9.22. The predicted octanol–water partition coefficient (Wildman–Crippen LogP) is 5.92. The molecule has 2 bridgehead atoms. The summed E-state index contributed by atoms with van der Waals surface area (Å²) >= 11 is 26.9. The van der Waals surface area contributed by atoms with Crippen molar-refractivity contribution in [2.75, 3.05) is 11.9 Å². The molecule has 36 heavy (non-hydrogen) atoms. The van der Waals surface area contributed by atoms with Crippen LogP contribution in [0.25, 0.3) is 0 Å². The zero-order valence-corrected chi connectivity index (χ0v) is 21.6. The molecule has 0 unspecified atom stereocenters. The van der Waals surface area contributed by atoms with Crippen molar-refractivity contribution in [1.29, 1.82) is 0 Å². The van der Waals surface area contributed by atoms with E-state index >= 15 is 0 Å². The minimum Gasteiger partial charge on any atom is -0.325 e. The highest BCUT2D eigenvalue weighted by Gasteiger charge is 2.72. The van der Waals surface area contributed by atoms with E-state index in [0.29, 0.717) is 15.7 Å². The van der Waals surface area contributed by atoms with E-state index in [1.54, 1.807) is 12.1 Å². The second-order valence-corrected chi connectivity index (χ2v) is 11.3. The SMILES string of the molecule is O=C(CCN1C(=O)[C@@H]2[C@H](C1=O)C1(Cl)c3ccccc3C2(Cl)c2ccccc21)Nc1cc(Cl)ccc1Cl. The van der Waals surface area contributed by atoms with Gasteiger partial charge in [0, 0.05) is 18.0 Å². The summed E-state index contributed by atoms with van der Waals surface area (Å²) < 4.78 is 0. The highest BCUT2D eigenvalue weighted by Crippen LogP contribution is 2.69. The number of amides is 3. The first-order valence-corrected chi connectivity index (χ1v) is 12.9. The fourth-order valence-electron chi connectivity index (χ4n) is 5.96. The maximum Gasteiger partial charge on any atom is 0.235 e. The van der Waals surface area contributed by atoms with Crippen molar-refractivity contribution in [3.8, 4) is 0 Å². The molecule has 0 radical (unpaired) electrons. The molecule has 1 fully saturated rings. The fourth-order valence-corrected chi connectivity index (χ4v) is 7.40. The van der Waals surface area contributed by atoms with Crippen LogP contribution < -0.4 is 5.32 Å². The van der Waals surface area contributed by atoms with Gasteiger partial charge >= 0.3 is 0 Å². The number of carbonyl (C=O) groups is 3. The zero-order valence-electron chi connectivity index (χ0n) is 18.6. The Bertz CT molecular complexity index is 1350. The summed E-state index contributed by atoms with van der Waals surface area (Å²) in [6.07, 6.45) is -0.121. The lowest BCUT2D eigenvalue weighted by molar-refractivity contribution is -0.140. The van der Waals surface area contributed by atoms with E-state index in [0.717, 1.165) is 27.2 Å². The van der Waals surface area contributed by atoms with Crippen LogP contribution in [0.2, 0.25) is 10.0 Å². The van der Waals surface area contributed by atoms with Gasteiger partial charge < -0.3 is 5.32 Å². The average molecular weight is 560 g/mol. The molecule has 3 aromatic rings. The molecule has 9 heteroatoms. The molecule has 1 aliphatic heterocycles. The van der Waals surface area contributed by atoms with Gasteiger partial charge in [-0.15, -0.1) is 23.2 Å². The molecule has 4 aliphatic rings. The molecule has 1 saturated heterocycles. The smallest absolute Gasteiger partial charge is 0.235 e. The van der Waals surface area contributed by atoms with Crippen LogP contribution in [0.4, 0.5) is 5.69 Å². The second kappa shape index (κ2) is 8.22. The van der Waals surface area contributed by atoms with Crippen LogP contribution in [0.5, 0.6) is 0 Å². The van der Waals surface area contributed by atoms with Gasteiger partial charge in [0.15, 0.2) is 0 Å². The third-order valence-electron chi connectivity index (χ3n) is 7.44. The molecule has 3 amide bonds. The van der Waals surface area contributed by atoms with Gasteiger partial charge in [-0.1, -0.05) is 71.7 Å². The molecular formula is C27H18Cl4N2O3. The Labute approximate surface area is 227 Å². The number of likely N-dealkylation sites (tertiary alicyclic amines) is 1. The van der Waals surface area contributed by atoms with Gasteiger partial charge in [0.05, 0.1) is 22.5 Å². The summed E-state index contributed by atoms with van der Waals surface area (Å²) in [6, 6.07) is 19.6. The van der Waals surface area contributed by atoms with Gasteiger partial charge in [0.2, 0.25) is 17.7 Å². The number of benzene rings is 3. The number of hydrogen-bond acceptors (Lipinski definition) is 3. The van der Waals surface area contributed by atoms with E-state index in [9.17, 15) is 14.4 Å². The van der Waals surface area contributed by atoms with Gasteiger partial charge in [-0.05, 0) is 40.5 Å². The number of halogens is 4. The summed E-state index contributed by atoms with van der Waals surface area (Å²) in [6.45, 7) is -0.110. The topological polar surface area (TPSA) is 66.5 Å². The van der Waals surface area contributed by atoms with Crippen molar-refractivity contribution in [1.82, 2.24) is 4.90 Å². The number of carbonyl (C=O) groups excluding carboxylic acids is 3. The van der Waals surface area contributed by atoms with Crippen molar-refractivity contribution in [3.63, 3.8) is 0 Å². The van der Waals surface area contributed by atoms with Crippen LogP contribution >= 0.6 is 46.4 Å². The fraction of sp³-hybridized carbons (Fsp3) is 0.222. The number of anilines is 1. The number of alkyl halides is 2. The molecule has 3 aliphatic carbocycles. The van der Waals surface area contributed by atoms with Crippen LogP contribution in [0.3, 0.4) is 0 Å². The molecule has 182 valence electrons. The molecule has 5 nitrogen and oxygen atoms in total. The van der Waals surface area contributed by atoms with Crippen molar-refractivity contribution in [2.24, 2.45) is 11.8 Å². The minimum atomic E-state index is -1.24. The molecule has 0 spiro atoms. The predicted molar refractivity (Wildman–Crippen MR) is 140 cm³/mol. The Kier molecular flexibility index (Phi) is 5.44. The Morgan fingerprint density at radius 3 is 1.75 bits per heavy atom. The van der Waals surface area contributed by atoms with Crippen LogP contribution in [0, 0.1) is 11.8 Å². The third-order valence-corrected chi connectivity index (χ3v) is 9.29. The molecule has 1 N–H and O–H groups in total. The standard InChI is InChI=1S/C27H18Cl4N2O3/c28-14-9-10-19(29)20(13-14)32-21(34)11-12-33-24(35)22-23(25(33)36)27(31)16-6-2-1-5-15(16)26(22,30)17-7-3-4-8-18(17)27/h1-10,13,22-23H,11-12H2,(H,32,34)/t22-,23+,26?,27?. The third kappa shape index (κ3) is 3.07. The van der Waals surface area contributed by atoms with Crippen LogP contribution in [-0.2, 0) is 24.1 Å². The zero-order chi connectivity index (χ0) is 25.4. The lowest BCUT2D eigenvalue weighted by Gasteiger charge is -2.54. The largest absolute Gasteiger partial charge is 0.325 e. The van der Waals surface area contributed by atoms with Crippen molar-refractivity contribution >= 4 is 69.8 Å². The maximum absolute atomic E-state index is 13.8. The van der Waals surface area contributed by atoms with Crippen molar-refractivity contribution in [2.45, 2.75) is 16.2 Å². The normalized spacial score (nSPS) is 27.5. The Balaban J connectivity index is 1.34. The lowest BCUT2D eigenvalue weighted by Crippen LogP contribution is -2.57. The van der Waals surface area contributed by atoms with Crippen LogP contribution in [0.1, 0.15) is 28.7 Å². The number of rotatable bonds is 4. The lowest BCUT2D eigenvalue weighted by atomic mass is 9.54. The maximum atomic E-state index is 13.8. The van der Waals surface area contributed by atoms with Crippen LogP contribution in [-0.4, -0.2) is 29.2 Å². The first-order valence-electron chi connectivity index (χ1n) is 11.4. The van der Waals surface area contributed by atoms with Crippen LogP contribution in [0.15, 0.2) is 66.7 Å². The summed E-state index contributed by atoms with van der Waals surface area (Å²) in [4.78, 5) is 38.8. The van der Waals surface area contributed by atoms with E-state index in [-0.39, 0.29) is 13.0 Å². The van der Waals surface area contributed by atoms with Gasteiger partial charge in [-0.2, -0.15) is 0 Å². The summed E-state index contributed by atoms with van der Waals surface area (Å²) in [5.41, 5.74) is 3.29. The summed E-state index contributed by atoms with van der Waals surface area (Å²) in [5.74, 6) is -3.05. The van der Waals surface area contributed by atoms with Gasteiger partial charge in [-0.3, -0.25) is 19.3 Å².